The van der Waals surface area contributed by atoms with Gasteiger partial charge in [0, 0.05) is 23.5 Å². The molecule has 3 aromatic rings. The maximum Gasteiger partial charge on any atom is 0.227 e. The van der Waals surface area contributed by atoms with Crippen molar-refractivity contribution in [2.75, 3.05) is 11.5 Å². The summed E-state index contributed by atoms with van der Waals surface area (Å²) in [5, 5.41) is 0.906. The van der Waals surface area contributed by atoms with Crippen molar-refractivity contribution in [1.29, 1.82) is 0 Å². The summed E-state index contributed by atoms with van der Waals surface area (Å²) >= 11 is 0. The number of aryl methyl sites for hydroxylation is 1. The molecule has 158 valence electrons. The minimum absolute atomic E-state index is 0.0357. The van der Waals surface area contributed by atoms with Gasteiger partial charge in [-0.2, -0.15) is 0 Å². The Labute approximate surface area is 175 Å². The predicted molar refractivity (Wildman–Crippen MR) is 113 cm³/mol. The molecule has 1 aliphatic rings. The zero-order valence-electron chi connectivity index (χ0n) is 16.8. The lowest BCUT2D eigenvalue weighted by Crippen LogP contribution is -2.41. The summed E-state index contributed by atoms with van der Waals surface area (Å²) in [6.45, 7) is 2.31. The molecule has 0 unspecified atom stereocenters. The third-order valence-corrected chi connectivity index (χ3v) is 7.45. The van der Waals surface area contributed by atoms with E-state index in [0.29, 0.717) is 6.42 Å². The highest BCUT2D eigenvalue weighted by Crippen LogP contribution is 2.26. The van der Waals surface area contributed by atoms with Crippen LogP contribution in [0.2, 0.25) is 0 Å². The van der Waals surface area contributed by atoms with Crippen LogP contribution in [0.3, 0.4) is 0 Å². The quantitative estimate of drug-likeness (QED) is 0.596. The Hall–Kier alpha value is -2.67. The first kappa shape index (κ1) is 20.6. The lowest BCUT2D eigenvalue weighted by molar-refractivity contribution is -0.133. The first-order chi connectivity index (χ1) is 14.3. The van der Waals surface area contributed by atoms with E-state index in [9.17, 15) is 17.6 Å². The largest absolute Gasteiger partial charge is 0.464 e. The van der Waals surface area contributed by atoms with Gasteiger partial charge in [0.05, 0.1) is 24.2 Å². The third kappa shape index (κ3) is 4.41. The van der Waals surface area contributed by atoms with Crippen LogP contribution in [0.25, 0.3) is 11.0 Å². The second-order valence-corrected chi connectivity index (χ2v) is 10.1. The minimum Gasteiger partial charge on any atom is -0.464 e. The summed E-state index contributed by atoms with van der Waals surface area (Å²) < 4.78 is 42.9. The van der Waals surface area contributed by atoms with Gasteiger partial charge in [0.2, 0.25) is 5.91 Å². The summed E-state index contributed by atoms with van der Waals surface area (Å²) in [7, 11) is -3.15. The van der Waals surface area contributed by atoms with E-state index in [1.807, 2.05) is 18.2 Å². The van der Waals surface area contributed by atoms with Crippen molar-refractivity contribution in [2.45, 2.75) is 38.8 Å². The maximum atomic E-state index is 13.3. The van der Waals surface area contributed by atoms with E-state index in [1.54, 1.807) is 23.3 Å². The molecule has 1 atom stereocenters. The summed E-state index contributed by atoms with van der Waals surface area (Å²) in [6, 6.07) is 11.5. The fourth-order valence-electron chi connectivity index (χ4n) is 3.98. The van der Waals surface area contributed by atoms with Gasteiger partial charge in [-0.1, -0.05) is 25.1 Å². The molecule has 0 aliphatic carbocycles. The van der Waals surface area contributed by atoms with Crippen molar-refractivity contribution in [1.82, 2.24) is 4.90 Å². The molecule has 2 heterocycles. The second kappa shape index (κ2) is 8.22. The zero-order chi connectivity index (χ0) is 21.3. The molecule has 0 bridgehead atoms. The number of benzene rings is 2. The fourth-order valence-corrected chi connectivity index (χ4v) is 5.71. The number of amides is 1. The van der Waals surface area contributed by atoms with E-state index in [4.69, 9.17) is 4.42 Å². The molecule has 5 nitrogen and oxygen atoms in total. The summed E-state index contributed by atoms with van der Waals surface area (Å²) in [5.74, 6) is -0.464. The topological polar surface area (TPSA) is 67.6 Å². The Kier molecular flexibility index (Phi) is 5.64. The number of sulfone groups is 1. The molecule has 1 amide bonds. The van der Waals surface area contributed by atoms with Gasteiger partial charge in [-0.25, -0.2) is 12.8 Å². The number of nitrogens with zero attached hydrogens (tertiary/aromatic N) is 1. The van der Waals surface area contributed by atoms with Gasteiger partial charge in [0.25, 0.3) is 0 Å². The molecule has 0 radical (unpaired) electrons. The van der Waals surface area contributed by atoms with Gasteiger partial charge in [-0.3, -0.25) is 4.79 Å². The molecule has 30 heavy (non-hydrogen) atoms. The number of carbonyl (C=O) groups excluding carboxylic acids is 1. The van der Waals surface area contributed by atoms with E-state index in [-0.39, 0.29) is 42.2 Å². The Morgan fingerprint density at radius 2 is 1.90 bits per heavy atom. The van der Waals surface area contributed by atoms with Gasteiger partial charge in [-0.15, -0.1) is 0 Å². The fraction of sp³-hybridized carbons (Fsp3) is 0.348. The third-order valence-electron chi connectivity index (χ3n) is 5.70. The van der Waals surface area contributed by atoms with Crippen molar-refractivity contribution < 1.29 is 22.0 Å². The number of carbonyl (C=O) groups is 1. The van der Waals surface area contributed by atoms with Crippen LogP contribution < -0.4 is 0 Å². The van der Waals surface area contributed by atoms with Crippen molar-refractivity contribution in [3.8, 4) is 0 Å². The van der Waals surface area contributed by atoms with Crippen LogP contribution in [-0.2, 0) is 34.0 Å². The van der Waals surface area contributed by atoms with Crippen LogP contribution in [0, 0.1) is 5.82 Å². The van der Waals surface area contributed by atoms with Crippen LogP contribution in [0.1, 0.15) is 30.0 Å². The van der Waals surface area contributed by atoms with E-state index < -0.39 is 9.84 Å². The second-order valence-electron chi connectivity index (χ2n) is 7.83. The summed E-state index contributed by atoms with van der Waals surface area (Å²) in [4.78, 5) is 14.9. The highest BCUT2D eigenvalue weighted by molar-refractivity contribution is 7.91. The Morgan fingerprint density at radius 1 is 1.17 bits per heavy atom. The standard InChI is InChI=1S/C23H24FNO4S/c1-2-16-5-8-22-21(11-16)18(14-29-22)12-23(26)25(20-9-10-30(27,28)15-20)13-17-3-6-19(24)7-4-17/h3-8,11,14,20H,2,9-10,12-13,15H2,1H3/t20-/m0/s1. The molecule has 1 aliphatic heterocycles. The van der Waals surface area contributed by atoms with Crippen LogP contribution in [0.4, 0.5) is 4.39 Å². The van der Waals surface area contributed by atoms with Crippen molar-refractivity contribution in [2.24, 2.45) is 0 Å². The average molecular weight is 430 g/mol. The van der Waals surface area contributed by atoms with E-state index in [0.717, 1.165) is 34.1 Å². The van der Waals surface area contributed by atoms with Gasteiger partial charge < -0.3 is 9.32 Å². The average Bonchev–Trinajstić information content (AvgIpc) is 3.29. The minimum atomic E-state index is -3.15. The van der Waals surface area contributed by atoms with Gasteiger partial charge >= 0.3 is 0 Å². The predicted octanol–water partition coefficient (Wildman–Crippen LogP) is 3.89. The van der Waals surface area contributed by atoms with Gasteiger partial charge in [0.1, 0.15) is 11.4 Å². The molecule has 1 saturated heterocycles. The number of furan rings is 1. The highest BCUT2D eigenvalue weighted by atomic mass is 32.2. The molecular weight excluding hydrogens is 405 g/mol. The molecule has 1 aromatic heterocycles. The van der Waals surface area contributed by atoms with Crippen LogP contribution in [0.15, 0.2) is 53.1 Å². The summed E-state index contributed by atoms with van der Waals surface area (Å²) in [5.41, 5.74) is 3.43. The first-order valence-corrected chi connectivity index (χ1v) is 11.9. The van der Waals surface area contributed by atoms with Crippen LogP contribution in [0.5, 0.6) is 0 Å². The van der Waals surface area contributed by atoms with Crippen molar-refractivity contribution in [3.05, 3.63) is 71.2 Å². The molecule has 7 heteroatoms. The van der Waals surface area contributed by atoms with E-state index >= 15 is 0 Å². The van der Waals surface area contributed by atoms with Crippen molar-refractivity contribution >= 4 is 26.7 Å². The molecule has 4 rings (SSSR count). The van der Waals surface area contributed by atoms with E-state index in [2.05, 4.69) is 6.92 Å². The Bertz CT molecular complexity index is 1170. The van der Waals surface area contributed by atoms with Gasteiger partial charge in [-0.05, 0) is 48.2 Å². The first-order valence-electron chi connectivity index (χ1n) is 10.1. The molecule has 0 N–H and O–H groups in total. The Balaban J connectivity index is 1.61. The molecule has 2 aromatic carbocycles. The monoisotopic (exact) mass is 429 g/mol. The highest BCUT2D eigenvalue weighted by Gasteiger charge is 2.34. The summed E-state index contributed by atoms with van der Waals surface area (Å²) in [6.07, 6.45) is 3.02. The molecule has 0 saturated carbocycles. The van der Waals surface area contributed by atoms with Crippen LogP contribution in [-0.4, -0.2) is 36.8 Å². The maximum absolute atomic E-state index is 13.3. The number of hydrogen-bond acceptors (Lipinski definition) is 4. The van der Waals surface area contributed by atoms with Crippen molar-refractivity contribution in [3.63, 3.8) is 0 Å². The van der Waals surface area contributed by atoms with Gasteiger partial charge in [0.15, 0.2) is 9.84 Å². The SMILES string of the molecule is CCc1ccc2occ(CC(=O)N(Cc3ccc(F)cc3)[C@H]3CCS(=O)(=O)C3)c2c1. The lowest BCUT2D eigenvalue weighted by Gasteiger charge is -2.28. The van der Waals surface area contributed by atoms with Crippen LogP contribution >= 0.6 is 0 Å². The lowest BCUT2D eigenvalue weighted by atomic mass is 10.0. The molecular formula is C23H24FNO4S. The number of hydrogen-bond donors (Lipinski definition) is 0. The van der Waals surface area contributed by atoms with E-state index in [1.165, 1.54) is 12.1 Å². The Morgan fingerprint density at radius 3 is 2.57 bits per heavy atom. The zero-order valence-corrected chi connectivity index (χ0v) is 17.6. The number of halogens is 1. The smallest absolute Gasteiger partial charge is 0.227 e. The normalized spacial score (nSPS) is 18.0. The number of fused-ring (bicyclic) bond motifs is 1. The number of rotatable bonds is 6. The molecule has 0 spiro atoms. The molecule has 1 fully saturated rings.